The molecule has 0 aromatic heterocycles. The Morgan fingerprint density at radius 3 is 2.56 bits per heavy atom. The molecule has 1 aromatic carbocycles. The molecule has 7 heteroatoms. The second kappa shape index (κ2) is 6.12. The Labute approximate surface area is 117 Å². The lowest BCUT2D eigenvalue weighted by molar-refractivity contribution is -0.274. The van der Waals surface area contributed by atoms with Gasteiger partial charge in [-0.3, -0.25) is 0 Å². The van der Waals surface area contributed by atoms with Gasteiger partial charge in [0.2, 0.25) is 0 Å². The van der Waals surface area contributed by atoms with Crippen LogP contribution in [0.5, 0.6) is 5.75 Å². The molecule has 1 fully saturated rings. The molecule has 1 aromatic rings. The van der Waals surface area contributed by atoms with E-state index in [1.54, 1.807) is 12.1 Å². The maximum atomic E-state index is 12.1. The van der Waals surface area contributed by atoms with Crippen LogP contribution in [0, 0.1) is 0 Å². The van der Waals surface area contributed by atoms with Crippen molar-refractivity contribution in [1.82, 2.24) is 5.32 Å². The first-order valence-electron chi connectivity index (χ1n) is 5.21. The van der Waals surface area contributed by atoms with Crippen molar-refractivity contribution in [2.24, 2.45) is 0 Å². The van der Waals surface area contributed by atoms with Crippen LogP contribution in [0.15, 0.2) is 22.7 Å². The van der Waals surface area contributed by atoms with Gasteiger partial charge in [0.05, 0.1) is 4.47 Å². The highest BCUT2D eigenvalue weighted by Crippen LogP contribution is 2.34. The molecule has 1 heterocycles. The summed E-state index contributed by atoms with van der Waals surface area (Å²) < 4.78 is 40.4. The molecular weight excluding hydrogens is 334 g/mol. The first kappa shape index (κ1) is 15.6. The Bertz CT molecular complexity index is 408. The van der Waals surface area contributed by atoms with E-state index in [-0.39, 0.29) is 18.2 Å². The lowest BCUT2D eigenvalue weighted by Gasteiger charge is -2.13. The van der Waals surface area contributed by atoms with Gasteiger partial charge in [-0.25, -0.2) is 0 Å². The van der Waals surface area contributed by atoms with Gasteiger partial charge in [-0.15, -0.1) is 25.6 Å². The number of benzene rings is 1. The van der Waals surface area contributed by atoms with Gasteiger partial charge in [-0.05, 0) is 52.5 Å². The summed E-state index contributed by atoms with van der Waals surface area (Å²) in [6, 6.07) is 4.73. The molecule has 2 nitrogen and oxygen atoms in total. The molecule has 18 heavy (non-hydrogen) atoms. The molecule has 0 radical (unpaired) electrons. The molecule has 0 bridgehead atoms. The molecular formula is C11H12BrClF3NO. The largest absolute Gasteiger partial charge is 0.573 e. The minimum absolute atomic E-state index is 0. The lowest BCUT2D eigenvalue weighted by Crippen LogP contribution is -2.17. The SMILES string of the molecule is Cl.FC(F)(F)Oc1ccc(C2CCNC2)cc1Br. The fraction of sp³-hybridized carbons (Fsp3) is 0.455. The van der Waals surface area contributed by atoms with Crippen LogP contribution in [0.25, 0.3) is 0 Å². The van der Waals surface area contributed by atoms with Crippen LogP contribution < -0.4 is 10.1 Å². The molecule has 0 spiro atoms. The summed E-state index contributed by atoms with van der Waals surface area (Å²) in [5.74, 6) is 0.165. The number of ether oxygens (including phenoxy) is 1. The van der Waals surface area contributed by atoms with Crippen LogP contribution in [0.2, 0.25) is 0 Å². The normalized spacial score (nSPS) is 19.4. The predicted molar refractivity (Wildman–Crippen MR) is 68.3 cm³/mol. The molecule has 1 unspecified atom stereocenters. The number of alkyl halides is 3. The Balaban J connectivity index is 0.00000162. The van der Waals surface area contributed by atoms with Crippen molar-refractivity contribution in [3.8, 4) is 5.75 Å². The van der Waals surface area contributed by atoms with E-state index in [0.717, 1.165) is 25.1 Å². The van der Waals surface area contributed by atoms with Crippen LogP contribution in [0.4, 0.5) is 13.2 Å². The van der Waals surface area contributed by atoms with Crippen molar-refractivity contribution in [3.05, 3.63) is 28.2 Å². The summed E-state index contributed by atoms with van der Waals surface area (Å²) in [4.78, 5) is 0. The summed E-state index contributed by atoms with van der Waals surface area (Å²) in [6.07, 6.45) is -3.65. The van der Waals surface area contributed by atoms with Crippen molar-refractivity contribution < 1.29 is 17.9 Å². The third-order valence-electron chi connectivity index (χ3n) is 2.71. The van der Waals surface area contributed by atoms with E-state index < -0.39 is 6.36 Å². The number of nitrogens with one attached hydrogen (secondary N) is 1. The maximum Gasteiger partial charge on any atom is 0.573 e. The van der Waals surface area contributed by atoms with Gasteiger partial charge in [0, 0.05) is 6.54 Å². The number of hydrogen-bond acceptors (Lipinski definition) is 2. The van der Waals surface area contributed by atoms with E-state index in [1.165, 1.54) is 6.07 Å². The zero-order valence-corrected chi connectivity index (χ0v) is 11.7. The smallest absolute Gasteiger partial charge is 0.405 e. The van der Waals surface area contributed by atoms with Crippen molar-refractivity contribution in [2.75, 3.05) is 13.1 Å². The molecule has 0 aliphatic carbocycles. The van der Waals surface area contributed by atoms with Crippen LogP contribution in [0.1, 0.15) is 17.9 Å². The fourth-order valence-electron chi connectivity index (χ4n) is 1.92. The molecule has 2 rings (SSSR count). The van der Waals surface area contributed by atoms with Gasteiger partial charge in [-0.2, -0.15) is 0 Å². The van der Waals surface area contributed by atoms with Crippen molar-refractivity contribution >= 4 is 28.3 Å². The molecule has 1 saturated heterocycles. The standard InChI is InChI=1S/C11H11BrF3NO.ClH/c12-9-5-7(8-3-4-16-6-8)1-2-10(9)17-11(13,14)15;/h1-2,5,8,16H,3-4,6H2;1H. The zero-order valence-electron chi connectivity index (χ0n) is 9.26. The van der Waals surface area contributed by atoms with Gasteiger partial charge in [-0.1, -0.05) is 6.07 Å². The first-order chi connectivity index (χ1) is 7.96. The Morgan fingerprint density at radius 1 is 1.33 bits per heavy atom. The third-order valence-corrected chi connectivity index (χ3v) is 3.33. The first-order valence-corrected chi connectivity index (χ1v) is 6.01. The average molecular weight is 347 g/mol. The Morgan fingerprint density at radius 2 is 2.06 bits per heavy atom. The molecule has 0 saturated carbocycles. The molecule has 1 atom stereocenters. The molecule has 1 aliphatic heterocycles. The van der Waals surface area contributed by atoms with E-state index in [1.807, 2.05) is 0 Å². The number of rotatable bonds is 2. The zero-order chi connectivity index (χ0) is 12.5. The highest BCUT2D eigenvalue weighted by Gasteiger charge is 2.32. The van der Waals surface area contributed by atoms with Crippen LogP contribution >= 0.6 is 28.3 Å². The summed E-state index contributed by atoms with van der Waals surface area (Å²) in [6.45, 7) is 1.81. The monoisotopic (exact) mass is 345 g/mol. The highest BCUT2D eigenvalue weighted by atomic mass is 79.9. The Kier molecular flexibility index (Phi) is 5.31. The van der Waals surface area contributed by atoms with Gasteiger partial charge < -0.3 is 10.1 Å². The topological polar surface area (TPSA) is 21.3 Å². The minimum atomic E-state index is -4.65. The Hall–Kier alpha value is -0.460. The predicted octanol–water partition coefficient (Wildman–Crippen LogP) is 3.85. The second-order valence-electron chi connectivity index (χ2n) is 3.93. The van der Waals surface area contributed by atoms with Crippen LogP contribution in [-0.2, 0) is 0 Å². The molecule has 102 valence electrons. The average Bonchev–Trinajstić information content (AvgIpc) is 2.72. The third kappa shape index (κ3) is 4.03. The number of hydrogen-bond donors (Lipinski definition) is 1. The summed E-state index contributed by atoms with van der Waals surface area (Å²) in [7, 11) is 0. The quantitative estimate of drug-likeness (QED) is 0.878. The van der Waals surface area contributed by atoms with Gasteiger partial charge in [0.1, 0.15) is 5.75 Å². The van der Waals surface area contributed by atoms with Gasteiger partial charge in [0.25, 0.3) is 0 Å². The van der Waals surface area contributed by atoms with E-state index in [2.05, 4.69) is 26.0 Å². The molecule has 0 amide bonds. The van der Waals surface area contributed by atoms with Crippen molar-refractivity contribution in [2.45, 2.75) is 18.7 Å². The molecule has 1 aliphatic rings. The van der Waals surface area contributed by atoms with Crippen LogP contribution in [-0.4, -0.2) is 19.5 Å². The second-order valence-corrected chi connectivity index (χ2v) is 4.78. The van der Waals surface area contributed by atoms with Crippen LogP contribution in [0.3, 0.4) is 0 Å². The number of halogens is 5. The maximum absolute atomic E-state index is 12.1. The lowest BCUT2D eigenvalue weighted by atomic mass is 9.98. The van der Waals surface area contributed by atoms with Crippen molar-refractivity contribution in [1.29, 1.82) is 0 Å². The molecule has 1 N–H and O–H groups in total. The summed E-state index contributed by atoms with van der Waals surface area (Å²) in [5.41, 5.74) is 1.02. The minimum Gasteiger partial charge on any atom is -0.405 e. The van der Waals surface area contributed by atoms with Gasteiger partial charge in [0.15, 0.2) is 0 Å². The van der Waals surface area contributed by atoms with Crippen molar-refractivity contribution in [3.63, 3.8) is 0 Å². The summed E-state index contributed by atoms with van der Waals surface area (Å²) >= 11 is 3.10. The summed E-state index contributed by atoms with van der Waals surface area (Å²) in [5, 5.41) is 3.22. The van der Waals surface area contributed by atoms with Gasteiger partial charge >= 0.3 is 6.36 Å². The van der Waals surface area contributed by atoms with E-state index in [0.29, 0.717) is 10.4 Å². The van der Waals surface area contributed by atoms with E-state index in [9.17, 15) is 13.2 Å². The fourth-order valence-corrected chi connectivity index (χ4v) is 2.40. The van der Waals surface area contributed by atoms with E-state index in [4.69, 9.17) is 0 Å². The van der Waals surface area contributed by atoms with E-state index >= 15 is 0 Å². The highest BCUT2D eigenvalue weighted by molar-refractivity contribution is 9.10.